The molecule has 2 rings (SSSR count). The van der Waals surface area contributed by atoms with Crippen LogP contribution in [0, 0.1) is 15.9 Å². The molecule has 0 radical (unpaired) electrons. The molecule has 0 spiro atoms. The topological polar surface area (TPSA) is 66.4 Å². The van der Waals surface area contributed by atoms with Crippen LogP contribution in [0.1, 0.15) is 44.1 Å². The molecule has 0 heterocycles. The van der Waals surface area contributed by atoms with Gasteiger partial charge in [0.05, 0.1) is 6.42 Å². The number of halogens is 1. The molecule has 1 saturated carbocycles. The number of hydrogen-bond acceptors (Lipinski definition) is 2. The van der Waals surface area contributed by atoms with Crippen LogP contribution in [0.5, 0.6) is 0 Å². The highest BCUT2D eigenvalue weighted by Crippen LogP contribution is 2.44. The van der Waals surface area contributed by atoms with E-state index in [4.69, 9.17) is 5.11 Å². The molecule has 0 saturated heterocycles. The van der Waals surface area contributed by atoms with E-state index in [0.717, 1.165) is 34.9 Å². The number of carboxylic acids is 1. The van der Waals surface area contributed by atoms with Crippen LogP contribution < -0.4 is 5.32 Å². The van der Waals surface area contributed by atoms with E-state index in [1.165, 1.54) is 5.56 Å². The van der Waals surface area contributed by atoms with E-state index in [0.29, 0.717) is 6.42 Å². The van der Waals surface area contributed by atoms with Gasteiger partial charge in [-0.2, -0.15) is 0 Å². The molecule has 1 aliphatic rings. The van der Waals surface area contributed by atoms with Crippen LogP contribution in [0.2, 0.25) is 0 Å². The quantitative estimate of drug-likeness (QED) is 0.734. The van der Waals surface area contributed by atoms with Gasteiger partial charge in [0, 0.05) is 15.7 Å². The Balaban J connectivity index is 2.02. The molecule has 1 aromatic carbocycles. The molecule has 5 heteroatoms. The molecule has 2 N–H and O–H groups in total. The Kier molecular flexibility index (Phi) is 5.24. The van der Waals surface area contributed by atoms with Crippen molar-refractivity contribution in [3.8, 4) is 0 Å². The van der Waals surface area contributed by atoms with Crippen LogP contribution in [0.15, 0.2) is 18.2 Å². The first-order chi connectivity index (χ1) is 9.90. The van der Waals surface area contributed by atoms with Crippen molar-refractivity contribution in [1.29, 1.82) is 0 Å². The number of aliphatic carboxylic acids is 1. The fraction of sp³-hybridized carbons (Fsp3) is 0.500. The van der Waals surface area contributed by atoms with Gasteiger partial charge in [-0.3, -0.25) is 9.59 Å². The zero-order valence-electron chi connectivity index (χ0n) is 12.1. The zero-order valence-corrected chi connectivity index (χ0v) is 14.3. The van der Waals surface area contributed by atoms with Gasteiger partial charge in [-0.15, -0.1) is 0 Å². The molecule has 21 heavy (non-hydrogen) atoms. The van der Waals surface area contributed by atoms with Gasteiger partial charge in [-0.1, -0.05) is 18.9 Å². The van der Waals surface area contributed by atoms with E-state index in [1.54, 1.807) is 0 Å². The second-order valence-corrected chi connectivity index (χ2v) is 7.13. The maximum atomic E-state index is 12.2. The van der Waals surface area contributed by atoms with Crippen molar-refractivity contribution in [2.45, 2.75) is 45.4 Å². The number of aryl methyl sites for hydroxylation is 1. The molecule has 4 nitrogen and oxygen atoms in total. The Bertz CT molecular complexity index is 550. The summed E-state index contributed by atoms with van der Waals surface area (Å²) in [6, 6.07) is 5.79. The van der Waals surface area contributed by atoms with Crippen LogP contribution >= 0.6 is 22.6 Å². The van der Waals surface area contributed by atoms with Gasteiger partial charge in [0.2, 0.25) is 5.91 Å². The summed E-state index contributed by atoms with van der Waals surface area (Å²) in [7, 11) is 0. The summed E-state index contributed by atoms with van der Waals surface area (Å²) >= 11 is 2.24. The number of carboxylic acid groups (broad SMARTS) is 1. The monoisotopic (exact) mass is 401 g/mol. The summed E-state index contributed by atoms with van der Waals surface area (Å²) in [5, 5.41) is 12.0. The zero-order chi connectivity index (χ0) is 15.5. The van der Waals surface area contributed by atoms with Crippen LogP contribution in [0.3, 0.4) is 0 Å². The third kappa shape index (κ3) is 4.43. The number of rotatable bonds is 5. The number of amides is 1. The van der Waals surface area contributed by atoms with Gasteiger partial charge in [0.1, 0.15) is 0 Å². The van der Waals surface area contributed by atoms with Gasteiger partial charge < -0.3 is 10.4 Å². The van der Waals surface area contributed by atoms with Crippen molar-refractivity contribution in [3.05, 3.63) is 27.3 Å². The van der Waals surface area contributed by atoms with Crippen LogP contribution in [0.4, 0.5) is 5.69 Å². The predicted molar refractivity (Wildman–Crippen MR) is 90.3 cm³/mol. The van der Waals surface area contributed by atoms with Gasteiger partial charge in [0.15, 0.2) is 0 Å². The molecule has 0 unspecified atom stereocenters. The van der Waals surface area contributed by atoms with Gasteiger partial charge >= 0.3 is 5.97 Å². The van der Waals surface area contributed by atoms with Crippen molar-refractivity contribution < 1.29 is 14.7 Å². The predicted octanol–water partition coefficient (Wildman–Crippen LogP) is 3.96. The standard InChI is InChI=1S/C16H20INO3/c1-11-4-5-12(8-13(11)17)18-14(19)9-16(10-15(20)21)6-2-3-7-16/h4-5,8H,2-3,6-7,9-10H2,1H3,(H,18,19)(H,20,21). The van der Waals surface area contributed by atoms with Crippen LogP contribution in [-0.2, 0) is 9.59 Å². The first-order valence-corrected chi connectivity index (χ1v) is 8.26. The average Bonchev–Trinajstić information content (AvgIpc) is 2.80. The second kappa shape index (κ2) is 6.77. The Labute approximate surface area is 138 Å². The third-order valence-electron chi connectivity index (χ3n) is 4.18. The summed E-state index contributed by atoms with van der Waals surface area (Å²) in [6.45, 7) is 2.02. The molecule has 0 bridgehead atoms. The van der Waals surface area contributed by atoms with Crippen LogP contribution in [-0.4, -0.2) is 17.0 Å². The summed E-state index contributed by atoms with van der Waals surface area (Å²) < 4.78 is 1.10. The summed E-state index contributed by atoms with van der Waals surface area (Å²) in [5.41, 5.74) is 1.60. The lowest BCUT2D eigenvalue weighted by Gasteiger charge is -2.26. The number of anilines is 1. The highest BCUT2D eigenvalue weighted by molar-refractivity contribution is 14.1. The highest BCUT2D eigenvalue weighted by atomic mass is 127. The minimum absolute atomic E-state index is 0.0854. The largest absolute Gasteiger partial charge is 0.481 e. The third-order valence-corrected chi connectivity index (χ3v) is 5.34. The Morgan fingerprint density at radius 2 is 1.95 bits per heavy atom. The van der Waals surface area contributed by atoms with E-state index in [9.17, 15) is 9.59 Å². The lowest BCUT2D eigenvalue weighted by molar-refractivity contribution is -0.140. The molecular formula is C16H20INO3. The number of carbonyl (C=O) groups excluding carboxylic acids is 1. The molecule has 0 aliphatic heterocycles. The molecular weight excluding hydrogens is 381 g/mol. The van der Waals surface area contributed by atoms with Gasteiger partial charge in [0.25, 0.3) is 0 Å². The molecule has 1 amide bonds. The van der Waals surface area contributed by atoms with Crippen LogP contribution in [0.25, 0.3) is 0 Å². The summed E-state index contributed by atoms with van der Waals surface area (Å²) in [6.07, 6.45) is 4.08. The molecule has 1 aromatic rings. The van der Waals surface area contributed by atoms with E-state index in [-0.39, 0.29) is 17.7 Å². The number of benzene rings is 1. The van der Waals surface area contributed by atoms with Crippen molar-refractivity contribution in [1.82, 2.24) is 0 Å². The minimum Gasteiger partial charge on any atom is -0.481 e. The molecule has 114 valence electrons. The smallest absolute Gasteiger partial charge is 0.303 e. The number of hydrogen-bond donors (Lipinski definition) is 2. The summed E-state index contributed by atoms with van der Waals surface area (Å²) in [5.74, 6) is -0.896. The molecule has 1 fully saturated rings. The fourth-order valence-corrected chi connectivity index (χ4v) is 3.59. The highest BCUT2D eigenvalue weighted by Gasteiger charge is 2.37. The second-order valence-electron chi connectivity index (χ2n) is 5.97. The van der Waals surface area contributed by atoms with Crippen molar-refractivity contribution >= 4 is 40.2 Å². The van der Waals surface area contributed by atoms with Gasteiger partial charge in [-0.25, -0.2) is 0 Å². The first-order valence-electron chi connectivity index (χ1n) is 7.18. The Morgan fingerprint density at radius 1 is 1.29 bits per heavy atom. The summed E-state index contributed by atoms with van der Waals surface area (Å²) in [4.78, 5) is 23.3. The van der Waals surface area contributed by atoms with Crippen molar-refractivity contribution in [2.24, 2.45) is 5.41 Å². The molecule has 1 aliphatic carbocycles. The fourth-order valence-electron chi connectivity index (χ4n) is 3.08. The molecule has 0 atom stereocenters. The maximum absolute atomic E-state index is 12.2. The number of nitrogens with one attached hydrogen (secondary N) is 1. The minimum atomic E-state index is -0.811. The SMILES string of the molecule is Cc1ccc(NC(=O)CC2(CC(=O)O)CCCC2)cc1I. The normalized spacial score (nSPS) is 16.7. The first kappa shape index (κ1) is 16.3. The molecule has 0 aromatic heterocycles. The van der Waals surface area contributed by atoms with E-state index in [1.807, 2.05) is 25.1 Å². The van der Waals surface area contributed by atoms with E-state index in [2.05, 4.69) is 27.9 Å². The Morgan fingerprint density at radius 3 is 2.52 bits per heavy atom. The van der Waals surface area contributed by atoms with Gasteiger partial charge in [-0.05, 0) is 65.5 Å². The lowest BCUT2D eigenvalue weighted by atomic mass is 9.79. The lowest BCUT2D eigenvalue weighted by Crippen LogP contribution is -2.27. The Hall–Kier alpha value is -1.11. The maximum Gasteiger partial charge on any atom is 0.303 e. The van der Waals surface area contributed by atoms with Crippen molar-refractivity contribution in [3.63, 3.8) is 0 Å². The van der Waals surface area contributed by atoms with E-state index < -0.39 is 5.97 Å². The van der Waals surface area contributed by atoms with E-state index >= 15 is 0 Å². The average molecular weight is 401 g/mol. The van der Waals surface area contributed by atoms with Crippen molar-refractivity contribution in [2.75, 3.05) is 5.32 Å². The number of carbonyl (C=O) groups is 2.